The van der Waals surface area contributed by atoms with Crippen molar-refractivity contribution in [2.45, 2.75) is 99.4 Å². The van der Waals surface area contributed by atoms with Gasteiger partial charge in [-0.2, -0.15) is 0 Å². The number of unbranched alkanes of at least 4 members (excludes halogenated alkanes) is 3. The Morgan fingerprint density at radius 1 is 0.652 bits per heavy atom. The molecule has 0 saturated heterocycles. The van der Waals surface area contributed by atoms with E-state index < -0.39 is 5.97 Å². The predicted octanol–water partition coefficient (Wildman–Crippen LogP) is 6.16. The van der Waals surface area contributed by atoms with Crippen molar-refractivity contribution in [2.24, 2.45) is 11.3 Å². The Kier molecular flexibility index (Phi) is 12.2. The second-order valence-electron chi connectivity index (χ2n) is 7.54. The van der Waals surface area contributed by atoms with E-state index in [1.807, 2.05) is 0 Å². The zero-order chi connectivity index (χ0) is 17.8. The molecule has 0 aromatic rings. The molecule has 0 aliphatic heterocycles. The lowest BCUT2D eigenvalue weighted by molar-refractivity contribution is -0.416. The Labute approximate surface area is 145 Å². The number of rotatable bonds is 14. The number of hydrogen-bond donors (Lipinski definition) is 0. The highest BCUT2D eigenvalue weighted by atomic mass is 16.9. The summed E-state index contributed by atoms with van der Waals surface area (Å²) < 4.78 is 18.9. The Balaban J connectivity index is 5.29. The van der Waals surface area contributed by atoms with Crippen LogP contribution in [0.5, 0.6) is 0 Å². The molecule has 0 spiro atoms. The molecule has 0 fully saturated rings. The normalized spacial score (nSPS) is 14.2. The highest BCUT2D eigenvalue weighted by Crippen LogP contribution is 2.41. The van der Waals surface area contributed by atoms with E-state index in [4.69, 9.17) is 14.2 Å². The molecule has 0 bridgehead atoms. The zero-order valence-corrected chi connectivity index (χ0v) is 16.9. The first kappa shape index (κ1) is 22.9. The second-order valence-corrected chi connectivity index (χ2v) is 7.54. The van der Waals surface area contributed by atoms with Crippen molar-refractivity contribution >= 4 is 0 Å². The first-order valence-electron chi connectivity index (χ1n) is 9.79. The van der Waals surface area contributed by atoms with E-state index in [2.05, 4.69) is 48.5 Å². The quantitative estimate of drug-likeness (QED) is 0.282. The summed E-state index contributed by atoms with van der Waals surface area (Å²) in [5.41, 5.74) is 0.0688. The van der Waals surface area contributed by atoms with Gasteiger partial charge in [-0.3, -0.25) is 0 Å². The number of ether oxygens (including phenoxy) is 3. The van der Waals surface area contributed by atoms with Gasteiger partial charge in [0.25, 0.3) is 5.97 Å². The summed E-state index contributed by atoms with van der Waals surface area (Å²) >= 11 is 0. The van der Waals surface area contributed by atoms with Gasteiger partial charge < -0.3 is 14.2 Å². The molecule has 3 heteroatoms. The molecule has 0 aliphatic rings. The maximum Gasteiger partial charge on any atom is 0.286 e. The summed E-state index contributed by atoms with van der Waals surface area (Å²) in [4.78, 5) is 0. The molecule has 0 N–H and O–H groups in total. The minimum absolute atomic E-state index is 0.0688. The van der Waals surface area contributed by atoms with Gasteiger partial charge in [0, 0.05) is 5.92 Å². The molecule has 3 nitrogen and oxygen atoms in total. The topological polar surface area (TPSA) is 27.7 Å². The largest absolute Gasteiger partial charge is 0.327 e. The summed E-state index contributed by atoms with van der Waals surface area (Å²) in [6.45, 7) is 17.6. The van der Waals surface area contributed by atoms with Gasteiger partial charge in [0.1, 0.15) is 0 Å². The van der Waals surface area contributed by atoms with Crippen LogP contribution in [0.25, 0.3) is 0 Å². The Bertz CT molecular complexity index is 244. The number of hydrogen-bond acceptors (Lipinski definition) is 3. The Hall–Kier alpha value is -0.120. The highest BCUT2D eigenvalue weighted by molar-refractivity contribution is 4.82. The first-order chi connectivity index (χ1) is 10.9. The molecular formula is C20H42O3. The van der Waals surface area contributed by atoms with E-state index >= 15 is 0 Å². The van der Waals surface area contributed by atoms with Crippen LogP contribution in [0.4, 0.5) is 0 Å². The van der Waals surface area contributed by atoms with Gasteiger partial charge in [0.05, 0.1) is 19.8 Å². The molecule has 1 unspecified atom stereocenters. The summed E-state index contributed by atoms with van der Waals surface area (Å²) in [6, 6.07) is 0. The SMILES string of the molecule is CCCCOC(OCCCC)(OCCCC)C(CC)C(C)(C)C. The minimum Gasteiger partial charge on any atom is -0.327 e. The van der Waals surface area contributed by atoms with Crippen LogP contribution in [-0.4, -0.2) is 25.8 Å². The van der Waals surface area contributed by atoms with Crippen LogP contribution in [-0.2, 0) is 14.2 Å². The summed E-state index contributed by atoms with van der Waals surface area (Å²) in [5, 5.41) is 0. The van der Waals surface area contributed by atoms with Crippen molar-refractivity contribution in [2.75, 3.05) is 19.8 Å². The minimum atomic E-state index is -0.896. The summed E-state index contributed by atoms with van der Waals surface area (Å²) in [5.74, 6) is -0.687. The third-order valence-corrected chi connectivity index (χ3v) is 4.28. The molecule has 0 rings (SSSR count). The van der Waals surface area contributed by atoms with Crippen molar-refractivity contribution in [1.29, 1.82) is 0 Å². The van der Waals surface area contributed by atoms with Gasteiger partial charge in [0.2, 0.25) is 0 Å². The second kappa shape index (κ2) is 12.3. The fourth-order valence-corrected chi connectivity index (χ4v) is 2.90. The lowest BCUT2D eigenvalue weighted by atomic mass is 9.77. The first-order valence-corrected chi connectivity index (χ1v) is 9.79. The zero-order valence-electron chi connectivity index (χ0n) is 16.9. The monoisotopic (exact) mass is 330 g/mol. The molecule has 0 heterocycles. The molecular weight excluding hydrogens is 288 g/mol. The van der Waals surface area contributed by atoms with Crippen molar-refractivity contribution in [3.8, 4) is 0 Å². The summed E-state index contributed by atoms with van der Waals surface area (Å²) in [6.07, 6.45) is 7.45. The molecule has 0 radical (unpaired) electrons. The predicted molar refractivity (Wildman–Crippen MR) is 98.5 cm³/mol. The Morgan fingerprint density at radius 2 is 1.00 bits per heavy atom. The fraction of sp³-hybridized carbons (Fsp3) is 1.00. The van der Waals surface area contributed by atoms with Crippen molar-refractivity contribution in [3.05, 3.63) is 0 Å². The van der Waals surface area contributed by atoms with Crippen LogP contribution >= 0.6 is 0 Å². The molecule has 1 atom stereocenters. The smallest absolute Gasteiger partial charge is 0.286 e. The van der Waals surface area contributed by atoms with Crippen molar-refractivity contribution in [3.63, 3.8) is 0 Å². The standard InChI is InChI=1S/C20H42O3/c1-8-12-15-21-20(22-16-13-9-2,23-17-14-10-3)18(11-4)19(5,6)7/h18H,8-17H2,1-7H3. The van der Waals surface area contributed by atoms with Crippen LogP contribution in [0.1, 0.15) is 93.4 Å². The molecule has 140 valence electrons. The molecule has 0 saturated carbocycles. The average Bonchev–Trinajstić information content (AvgIpc) is 2.47. The molecule has 0 aliphatic carbocycles. The van der Waals surface area contributed by atoms with Crippen molar-refractivity contribution < 1.29 is 14.2 Å². The van der Waals surface area contributed by atoms with Crippen LogP contribution < -0.4 is 0 Å². The molecule has 0 aromatic heterocycles. The lowest BCUT2D eigenvalue weighted by Crippen LogP contribution is -2.51. The molecule has 23 heavy (non-hydrogen) atoms. The maximum atomic E-state index is 6.30. The van der Waals surface area contributed by atoms with Gasteiger partial charge >= 0.3 is 0 Å². The molecule has 0 aromatic carbocycles. The lowest BCUT2D eigenvalue weighted by Gasteiger charge is -2.45. The van der Waals surface area contributed by atoms with Crippen LogP contribution in [0, 0.1) is 11.3 Å². The van der Waals surface area contributed by atoms with Crippen LogP contribution in [0.3, 0.4) is 0 Å². The Morgan fingerprint density at radius 3 is 1.22 bits per heavy atom. The summed E-state index contributed by atoms with van der Waals surface area (Å²) in [7, 11) is 0. The van der Waals surface area contributed by atoms with E-state index in [0.29, 0.717) is 19.8 Å². The van der Waals surface area contributed by atoms with E-state index in [-0.39, 0.29) is 11.3 Å². The van der Waals surface area contributed by atoms with Crippen LogP contribution in [0.15, 0.2) is 0 Å². The molecule has 0 amide bonds. The van der Waals surface area contributed by atoms with E-state index in [1.165, 1.54) is 0 Å². The van der Waals surface area contributed by atoms with Gasteiger partial charge in [-0.15, -0.1) is 0 Å². The van der Waals surface area contributed by atoms with Gasteiger partial charge in [-0.25, -0.2) is 0 Å². The van der Waals surface area contributed by atoms with Gasteiger partial charge in [0.15, 0.2) is 0 Å². The van der Waals surface area contributed by atoms with Gasteiger partial charge in [-0.1, -0.05) is 67.7 Å². The average molecular weight is 331 g/mol. The van der Waals surface area contributed by atoms with Gasteiger partial charge in [-0.05, 0) is 31.1 Å². The third-order valence-electron chi connectivity index (χ3n) is 4.28. The van der Waals surface area contributed by atoms with E-state index in [0.717, 1.165) is 44.9 Å². The van der Waals surface area contributed by atoms with Crippen LogP contribution in [0.2, 0.25) is 0 Å². The fourth-order valence-electron chi connectivity index (χ4n) is 2.90. The van der Waals surface area contributed by atoms with Crippen molar-refractivity contribution in [1.82, 2.24) is 0 Å². The maximum absolute atomic E-state index is 6.30. The van der Waals surface area contributed by atoms with E-state index in [1.54, 1.807) is 0 Å². The third kappa shape index (κ3) is 8.51. The highest BCUT2D eigenvalue weighted by Gasteiger charge is 2.47. The van der Waals surface area contributed by atoms with E-state index in [9.17, 15) is 0 Å².